The molecule has 5 heteroatoms. The van der Waals surface area contributed by atoms with Gasteiger partial charge in [-0.3, -0.25) is 10.1 Å². The predicted octanol–water partition coefficient (Wildman–Crippen LogP) is 5.41. The van der Waals surface area contributed by atoms with Gasteiger partial charge in [0.05, 0.1) is 12.1 Å². The van der Waals surface area contributed by atoms with Gasteiger partial charge in [0, 0.05) is 5.92 Å². The van der Waals surface area contributed by atoms with Crippen molar-refractivity contribution in [1.29, 1.82) is 0 Å². The molecule has 0 spiro atoms. The highest BCUT2D eigenvalue weighted by Crippen LogP contribution is 2.41. The Hall–Kier alpha value is -0.580. The molecule has 1 atom stereocenters. The summed E-state index contributed by atoms with van der Waals surface area (Å²) in [4.78, 5) is 12.8. The summed E-state index contributed by atoms with van der Waals surface area (Å²) in [5.41, 5.74) is -0.878. The number of carbonyl (C=O) groups excluding carboxylic acids is 1. The Balaban J connectivity index is 2.54. The van der Waals surface area contributed by atoms with Crippen molar-refractivity contribution in [2.75, 3.05) is 6.54 Å². The molecule has 0 aliphatic heterocycles. The molecule has 1 aliphatic rings. The summed E-state index contributed by atoms with van der Waals surface area (Å²) in [6, 6.07) is 0. The largest absolute Gasteiger partial charge is 0.401 e. The first-order valence-electron chi connectivity index (χ1n) is 9.20. The molecule has 1 unspecified atom stereocenters. The van der Waals surface area contributed by atoms with Crippen LogP contribution >= 0.6 is 0 Å². The molecular weight excluding hydrogens is 303 g/mol. The molecule has 23 heavy (non-hydrogen) atoms. The Morgan fingerprint density at radius 1 is 1.00 bits per heavy atom. The highest BCUT2D eigenvalue weighted by molar-refractivity contribution is 5.93. The lowest BCUT2D eigenvalue weighted by molar-refractivity contribution is -0.134. The normalized spacial score (nSPS) is 18.0. The number of hydrogen-bond donors (Lipinski definition) is 1. The minimum Gasteiger partial charge on any atom is -0.297 e. The zero-order valence-electron chi connectivity index (χ0n) is 14.6. The van der Waals surface area contributed by atoms with Crippen LogP contribution < -0.4 is 5.32 Å². The molecule has 1 aliphatic carbocycles. The Kier molecular flexibility index (Phi) is 8.59. The summed E-state index contributed by atoms with van der Waals surface area (Å²) in [6.07, 6.45) is 6.11. The number of nitrogens with one attached hydrogen (secondary N) is 1. The average Bonchev–Trinajstić information content (AvgIpc) is 3.28. The topological polar surface area (TPSA) is 29.1 Å². The van der Waals surface area contributed by atoms with Gasteiger partial charge in [-0.1, -0.05) is 58.8 Å². The number of hydrogen-bond acceptors (Lipinski definition) is 2. The third-order valence-electron chi connectivity index (χ3n) is 4.78. The van der Waals surface area contributed by atoms with E-state index in [1.807, 2.05) is 0 Å². The smallest absolute Gasteiger partial charge is 0.297 e. The van der Waals surface area contributed by atoms with Crippen molar-refractivity contribution < 1.29 is 18.0 Å². The number of ketones is 1. The summed E-state index contributed by atoms with van der Waals surface area (Å²) in [7, 11) is 0. The van der Waals surface area contributed by atoms with Crippen molar-refractivity contribution in [1.82, 2.24) is 5.32 Å². The van der Waals surface area contributed by atoms with Crippen molar-refractivity contribution in [3.63, 3.8) is 0 Å². The van der Waals surface area contributed by atoms with Crippen LogP contribution in [0.5, 0.6) is 0 Å². The lowest BCUT2D eigenvalue weighted by Gasteiger charge is -2.24. The second kappa shape index (κ2) is 9.65. The van der Waals surface area contributed by atoms with E-state index in [-0.39, 0.29) is 11.7 Å². The highest BCUT2D eigenvalue weighted by Gasteiger charge is 2.52. The van der Waals surface area contributed by atoms with Crippen LogP contribution in [0.25, 0.3) is 0 Å². The number of carbonyl (C=O) groups is 1. The number of halogens is 3. The highest BCUT2D eigenvalue weighted by atomic mass is 19.4. The molecular formula is C18H32F3NO. The number of rotatable bonds is 13. The van der Waals surface area contributed by atoms with Gasteiger partial charge < -0.3 is 0 Å². The first kappa shape index (κ1) is 20.5. The minimum atomic E-state index is -4.26. The minimum absolute atomic E-state index is 0.0364. The lowest BCUT2D eigenvalue weighted by atomic mass is 9.86. The predicted molar refractivity (Wildman–Crippen MR) is 87.4 cm³/mol. The molecule has 0 aromatic heterocycles. The van der Waals surface area contributed by atoms with Crippen LogP contribution in [0.1, 0.15) is 84.5 Å². The van der Waals surface area contributed by atoms with E-state index in [9.17, 15) is 18.0 Å². The molecule has 0 aromatic rings. The maximum Gasteiger partial charge on any atom is 0.401 e. The van der Waals surface area contributed by atoms with Gasteiger partial charge in [0.1, 0.15) is 0 Å². The van der Waals surface area contributed by atoms with E-state index in [0.29, 0.717) is 12.8 Å². The van der Waals surface area contributed by atoms with Crippen LogP contribution in [0.3, 0.4) is 0 Å². The SMILES string of the molecule is CCCCCCC(CCCCC)C(=O)C1(NCC(F)(F)F)CC1. The molecule has 1 saturated carbocycles. The van der Waals surface area contributed by atoms with Crippen LogP contribution in [0, 0.1) is 5.92 Å². The monoisotopic (exact) mass is 335 g/mol. The van der Waals surface area contributed by atoms with E-state index < -0.39 is 18.3 Å². The van der Waals surface area contributed by atoms with E-state index >= 15 is 0 Å². The van der Waals surface area contributed by atoms with Crippen LogP contribution in [-0.2, 0) is 4.79 Å². The van der Waals surface area contributed by atoms with Gasteiger partial charge in [-0.2, -0.15) is 13.2 Å². The summed E-state index contributed by atoms with van der Waals surface area (Å²) >= 11 is 0. The third-order valence-corrected chi connectivity index (χ3v) is 4.78. The molecule has 136 valence electrons. The van der Waals surface area contributed by atoms with Crippen LogP contribution in [0.4, 0.5) is 13.2 Å². The fraction of sp³-hybridized carbons (Fsp3) is 0.944. The van der Waals surface area contributed by atoms with Gasteiger partial charge in [0.2, 0.25) is 0 Å². The summed E-state index contributed by atoms with van der Waals surface area (Å²) < 4.78 is 37.3. The van der Waals surface area contributed by atoms with Gasteiger partial charge in [-0.05, 0) is 25.7 Å². The molecule has 0 amide bonds. The standard InChI is InChI=1S/C18H32F3NO/c1-3-5-7-9-11-15(10-8-6-4-2)16(23)17(12-13-17)22-14-18(19,20)21/h15,22H,3-14H2,1-2H3. The first-order chi connectivity index (χ1) is 10.8. The molecule has 0 radical (unpaired) electrons. The van der Waals surface area contributed by atoms with Gasteiger partial charge in [-0.15, -0.1) is 0 Å². The number of alkyl halides is 3. The Labute approximate surface area is 138 Å². The number of Topliss-reactive ketones (excluding diaryl/α,β-unsaturated/α-hetero) is 1. The molecule has 2 nitrogen and oxygen atoms in total. The lowest BCUT2D eigenvalue weighted by Crippen LogP contribution is -2.46. The second-order valence-electron chi connectivity index (χ2n) is 6.96. The summed E-state index contributed by atoms with van der Waals surface area (Å²) in [5.74, 6) is -0.0315. The molecule has 1 rings (SSSR count). The summed E-state index contributed by atoms with van der Waals surface area (Å²) in [6.45, 7) is 3.20. The first-order valence-corrected chi connectivity index (χ1v) is 9.20. The maximum absolute atomic E-state index is 12.8. The Morgan fingerprint density at radius 3 is 2.00 bits per heavy atom. The van der Waals surface area contributed by atoms with E-state index in [2.05, 4.69) is 19.2 Å². The van der Waals surface area contributed by atoms with E-state index in [0.717, 1.165) is 57.8 Å². The van der Waals surface area contributed by atoms with E-state index in [1.54, 1.807) is 0 Å². The van der Waals surface area contributed by atoms with Crippen molar-refractivity contribution >= 4 is 5.78 Å². The number of unbranched alkanes of at least 4 members (excludes halogenated alkanes) is 5. The molecule has 0 aromatic carbocycles. The van der Waals surface area contributed by atoms with E-state index in [1.165, 1.54) is 0 Å². The van der Waals surface area contributed by atoms with Crippen LogP contribution in [0.15, 0.2) is 0 Å². The third kappa shape index (κ3) is 7.69. The fourth-order valence-corrected chi connectivity index (χ4v) is 3.16. The quantitative estimate of drug-likeness (QED) is 0.456. The Morgan fingerprint density at radius 2 is 1.52 bits per heavy atom. The van der Waals surface area contributed by atoms with Gasteiger partial charge in [-0.25, -0.2) is 0 Å². The zero-order valence-corrected chi connectivity index (χ0v) is 14.6. The fourth-order valence-electron chi connectivity index (χ4n) is 3.16. The average molecular weight is 335 g/mol. The zero-order chi connectivity index (χ0) is 17.3. The van der Waals surface area contributed by atoms with Crippen molar-refractivity contribution in [3.05, 3.63) is 0 Å². The molecule has 0 heterocycles. The van der Waals surface area contributed by atoms with Gasteiger partial charge >= 0.3 is 6.18 Å². The van der Waals surface area contributed by atoms with Crippen LogP contribution in [0.2, 0.25) is 0 Å². The van der Waals surface area contributed by atoms with Crippen molar-refractivity contribution in [2.24, 2.45) is 5.92 Å². The molecule has 1 N–H and O–H groups in total. The van der Waals surface area contributed by atoms with Gasteiger partial charge in [0.25, 0.3) is 0 Å². The summed E-state index contributed by atoms with van der Waals surface area (Å²) in [5, 5.41) is 2.51. The second-order valence-corrected chi connectivity index (χ2v) is 6.96. The maximum atomic E-state index is 12.8. The molecule has 0 bridgehead atoms. The Bertz CT molecular complexity index is 351. The molecule has 0 saturated heterocycles. The van der Waals surface area contributed by atoms with Crippen molar-refractivity contribution in [3.8, 4) is 0 Å². The molecule has 1 fully saturated rings. The van der Waals surface area contributed by atoms with Crippen molar-refractivity contribution in [2.45, 2.75) is 96.2 Å². The van der Waals surface area contributed by atoms with Crippen LogP contribution in [-0.4, -0.2) is 24.0 Å². The van der Waals surface area contributed by atoms with E-state index in [4.69, 9.17) is 0 Å². The van der Waals surface area contributed by atoms with Gasteiger partial charge in [0.15, 0.2) is 5.78 Å².